The summed E-state index contributed by atoms with van der Waals surface area (Å²) in [5.41, 5.74) is 0. The third-order valence-corrected chi connectivity index (χ3v) is 4.93. The Bertz CT molecular complexity index is 279. The van der Waals surface area contributed by atoms with Crippen LogP contribution in [0.15, 0.2) is 0 Å². The second-order valence-electron chi connectivity index (χ2n) is 6.01. The van der Waals surface area contributed by atoms with Gasteiger partial charge in [-0.05, 0) is 37.6 Å². The number of likely N-dealkylation sites (tertiary alicyclic amines) is 1. The van der Waals surface area contributed by atoms with E-state index in [4.69, 9.17) is 5.11 Å². The molecule has 1 aliphatic heterocycles. The van der Waals surface area contributed by atoms with Crippen LogP contribution in [0.25, 0.3) is 0 Å². The molecule has 3 heteroatoms. The topological polar surface area (TPSA) is 40.5 Å². The number of piperidine rings is 1. The van der Waals surface area contributed by atoms with Crippen molar-refractivity contribution in [2.24, 2.45) is 17.8 Å². The Balaban J connectivity index is 1.98. The molecular formula is C14H25NO2. The van der Waals surface area contributed by atoms with Gasteiger partial charge in [0.25, 0.3) is 0 Å². The fourth-order valence-electron chi connectivity index (χ4n) is 3.58. The number of rotatable bonds is 2. The Morgan fingerprint density at radius 1 is 1.18 bits per heavy atom. The number of aliphatic carboxylic acids is 1. The van der Waals surface area contributed by atoms with Crippen molar-refractivity contribution in [2.75, 3.05) is 13.1 Å². The van der Waals surface area contributed by atoms with Gasteiger partial charge in [-0.1, -0.05) is 26.7 Å². The maximum atomic E-state index is 11.1. The first-order valence-electron chi connectivity index (χ1n) is 7.06. The minimum atomic E-state index is -0.605. The van der Waals surface area contributed by atoms with E-state index in [-0.39, 0.29) is 5.92 Å². The summed E-state index contributed by atoms with van der Waals surface area (Å²) >= 11 is 0. The first-order valence-corrected chi connectivity index (χ1v) is 7.06. The Hall–Kier alpha value is -0.570. The predicted octanol–water partition coefficient (Wildman–Crippen LogP) is 2.61. The van der Waals surface area contributed by atoms with E-state index in [1.54, 1.807) is 0 Å². The van der Waals surface area contributed by atoms with Crippen LogP contribution in [-0.2, 0) is 4.79 Å². The van der Waals surface area contributed by atoms with Crippen LogP contribution in [0.2, 0.25) is 0 Å². The van der Waals surface area contributed by atoms with Crippen molar-refractivity contribution in [3.63, 3.8) is 0 Å². The van der Waals surface area contributed by atoms with Gasteiger partial charge in [0, 0.05) is 12.6 Å². The van der Waals surface area contributed by atoms with Gasteiger partial charge in [0.15, 0.2) is 0 Å². The van der Waals surface area contributed by atoms with Gasteiger partial charge in [-0.2, -0.15) is 0 Å². The van der Waals surface area contributed by atoms with Gasteiger partial charge in [-0.25, -0.2) is 0 Å². The molecular weight excluding hydrogens is 214 g/mol. The molecule has 1 N–H and O–H groups in total. The SMILES string of the molecule is CC1CCCC(N2CCCC(C(=O)O)C2)C1C. The van der Waals surface area contributed by atoms with E-state index in [1.165, 1.54) is 19.3 Å². The molecule has 1 aliphatic carbocycles. The lowest BCUT2D eigenvalue weighted by molar-refractivity contribution is -0.144. The summed E-state index contributed by atoms with van der Waals surface area (Å²) < 4.78 is 0. The second kappa shape index (κ2) is 5.38. The van der Waals surface area contributed by atoms with Crippen LogP contribution < -0.4 is 0 Å². The summed E-state index contributed by atoms with van der Waals surface area (Å²) in [5, 5.41) is 9.15. The summed E-state index contributed by atoms with van der Waals surface area (Å²) in [5.74, 6) is 0.773. The quantitative estimate of drug-likeness (QED) is 0.805. The van der Waals surface area contributed by atoms with Gasteiger partial charge in [0.05, 0.1) is 5.92 Å². The molecule has 1 saturated heterocycles. The van der Waals surface area contributed by atoms with Gasteiger partial charge in [-0.3, -0.25) is 9.69 Å². The highest BCUT2D eigenvalue weighted by molar-refractivity contribution is 5.70. The zero-order chi connectivity index (χ0) is 12.4. The Labute approximate surface area is 104 Å². The highest BCUT2D eigenvalue weighted by Gasteiger charge is 2.35. The first kappa shape index (κ1) is 12.9. The van der Waals surface area contributed by atoms with E-state index in [1.807, 2.05) is 0 Å². The molecule has 0 spiro atoms. The van der Waals surface area contributed by atoms with Gasteiger partial charge < -0.3 is 5.11 Å². The Morgan fingerprint density at radius 2 is 1.94 bits per heavy atom. The summed E-state index contributed by atoms with van der Waals surface area (Å²) in [6.45, 7) is 6.57. The molecule has 3 nitrogen and oxygen atoms in total. The number of hydrogen-bond donors (Lipinski definition) is 1. The lowest BCUT2D eigenvalue weighted by Gasteiger charge is -2.44. The maximum Gasteiger partial charge on any atom is 0.307 e. The van der Waals surface area contributed by atoms with Crippen molar-refractivity contribution in [3.05, 3.63) is 0 Å². The van der Waals surface area contributed by atoms with E-state index in [9.17, 15) is 4.79 Å². The molecule has 1 heterocycles. The molecule has 0 aromatic heterocycles. The molecule has 0 aromatic rings. The van der Waals surface area contributed by atoms with E-state index in [2.05, 4.69) is 18.7 Å². The molecule has 0 radical (unpaired) electrons. The number of carboxylic acid groups (broad SMARTS) is 1. The number of hydrogen-bond acceptors (Lipinski definition) is 2. The van der Waals surface area contributed by atoms with Crippen LogP contribution in [0.3, 0.4) is 0 Å². The van der Waals surface area contributed by atoms with Crippen molar-refractivity contribution in [1.29, 1.82) is 0 Å². The van der Waals surface area contributed by atoms with Gasteiger partial charge in [-0.15, -0.1) is 0 Å². The van der Waals surface area contributed by atoms with Gasteiger partial charge >= 0.3 is 5.97 Å². The fraction of sp³-hybridized carbons (Fsp3) is 0.929. The third-order valence-electron chi connectivity index (χ3n) is 4.93. The van der Waals surface area contributed by atoms with Gasteiger partial charge in [0.1, 0.15) is 0 Å². The smallest absolute Gasteiger partial charge is 0.307 e. The van der Waals surface area contributed by atoms with E-state index in [0.717, 1.165) is 37.8 Å². The summed E-state index contributed by atoms with van der Waals surface area (Å²) in [4.78, 5) is 13.6. The third kappa shape index (κ3) is 2.82. The van der Waals surface area contributed by atoms with Gasteiger partial charge in [0.2, 0.25) is 0 Å². The van der Waals surface area contributed by atoms with Crippen molar-refractivity contribution in [3.8, 4) is 0 Å². The number of carbonyl (C=O) groups is 1. The number of nitrogens with zero attached hydrogens (tertiary/aromatic N) is 1. The zero-order valence-corrected chi connectivity index (χ0v) is 11.1. The van der Waals surface area contributed by atoms with E-state index < -0.39 is 5.97 Å². The molecule has 2 rings (SSSR count). The van der Waals surface area contributed by atoms with E-state index >= 15 is 0 Å². The molecule has 98 valence electrons. The zero-order valence-electron chi connectivity index (χ0n) is 11.1. The van der Waals surface area contributed by atoms with Crippen molar-refractivity contribution in [2.45, 2.75) is 52.0 Å². The standard InChI is InChI=1S/C14H25NO2/c1-10-5-3-7-13(11(10)2)15-8-4-6-12(9-15)14(16)17/h10-13H,3-9H2,1-2H3,(H,16,17). The molecule has 17 heavy (non-hydrogen) atoms. The largest absolute Gasteiger partial charge is 0.481 e. The average Bonchev–Trinajstić information content (AvgIpc) is 2.33. The van der Waals surface area contributed by atoms with Crippen molar-refractivity contribution < 1.29 is 9.90 Å². The van der Waals surface area contributed by atoms with Crippen LogP contribution in [0.5, 0.6) is 0 Å². The minimum absolute atomic E-state index is 0.131. The summed E-state index contributed by atoms with van der Waals surface area (Å²) in [6, 6.07) is 0.626. The minimum Gasteiger partial charge on any atom is -0.481 e. The highest BCUT2D eigenvalue weighted by atomic mass is 16.4. The normalized spacial score (nSPS) is 40.1. The second-order valence-corrected chi connectivity index (χ2v) is 6.01. The molecule has 0 bridgehead atoms. The predicted molar refractivity (Wildman–Crippen MR) is 67.9 cm³/mol. The maximum absolute atomic E-state index is 11.1. The molecule has 0 aromatic carbocycles. The van der Waals surface area contributed by atoms with Crippen LogP contribution in [0, 0.1) is 17.8 Å². The van der Waals surface area contributed by atoms with Crippen LogP contribution >= 0.6 is 0 Å². The summed E-state index contributed by atoms with van der Waals surface area (Å²) in [6.07, 6.45) is 5.83. The number of carboxylic acids is 1. The highest BCUT2D eigenvalue weighted by Crippen LogP contribution is 2.34. The fourth-order valence-corrected chi connectivity index (χ4v) is 3.58. The summed E-state index contributed by atoms with van der Waals surface area (Å²) in [7, 11) is 0. The average molecular weight is 239 g/mol. The molecule has 0 amide bonds. The lowest BCUT2D eigenvalue weighted by Crippen LogP contribution is -2.49. The molecule has 4 atom stereocenters. The molecule has 1 saturated carbocycles. The molecule has 2 aliphatic rings. The Morgan fingerprint density at radius 3 is 2.65 bits per heavy atom. The van der Waals surface area contributed by atoms with Crippen molar-refractivity contribution in [1.82, 2.24) is 4.90 Å². The van der Waals surface area contributed by atoms with Crippen LogP contribution in [-0.4, -0.2) is 35.1 Å². The Kier molecular flexibility index (Phi) is 4.08. The molecule has 2 fully saturated rings. The van der Waals surface area contributed by atoms with E-state index in [0.29, 0.717) is 6.04 Å². The van der Waals surface area contributed by atoms with Crippen molar-refractivity contribution >= 4 is 5.97 Å². The van der Waals surface area contributed by atoms with Crippen LogP contribution in [0.4, 0.5) is 0 Å². The monoisotopic (exact) mass is 239 g/mol. The first-order chi connectivity index (χ1) is 8.09. The van der Waals surface area contributed by atoms with Crippen LogP contribution in [0.1, 0.15) is 46.0 Å². The lowest BCUT2D eigenvalue weighted by atomic mass is 9.76. The molecule has 4 unspecified atom stereocenters.